The van der Waals surface area contributed by atoms with Crippen LogP contribution in [-0.4, -0.2) is 29.6 Å². The van der Waals surface area contributed by atoms with Gasteiger partial charge in [0, 0.05) is 31.5 Å². The van der Waals surface area contributed by atoms with Gasteiger partial charge in [0.25, 0.3) is 0 Å². The molecule has 0 atom stereocenters. The number of aromatic nitrogens is 2. The monoisotopic (exact) mass is 272 g/mol. The van der Waals surface area contributed by atoms with Crippen molar-refractivity contribution in [1.29, 1.82) is 0 Å². The van der Waals surface area contributed by atoms with Crippen molar-refractivity contribution in [3.63, 3.8) is 0 Å². The summed E-state index contributed by atoms with van der Waals surface area (Å²) in [4.78, 5) is 9.15. The van der Waals surface area contributed by atoms with Crippen LogP contribution in [0.4, 0.5) is 5.82 Å². The number of nitrogens with zero attached hydrogens (tertiary/aromatic N) is 2. The molecule has 106 valence electrons. The lowest BCUT2D eigenvalue weighted by atomic mass is 10.1. The van der Waals surface area contributed by atoms with Crippen LogP contribution >= 0.6 is 0 Å². The molecule has 0 amide bonds. The first-order valence-electron chi connectivity index (χ1n) is 7.16. The maximum Gasteiger partial charge on any atom is 0.133 e. The summed E-state index contributed by atoms with van der Waals surface area (Å²) in [6.07, 6.45) is 4.54. The van der Waals surface area contributed by atoms with E-state index in [9.17, 15) is 0 Å². The van der Waals surface area contributed by atoms with Crippen LogP contribution in [0.5, 0.6) is 0 Å². The molecule has 0 saturated carbocycles. The molecular weight excluding hydrogens is 252 g/mol. The Balaban J connectivity index is 1.73. The standard InChI is InChI=1S/C15H20N4O/c1-11-18-14-6-8-16-7-5-13(14)15(19-11)17-9-4-12-3-2-10-20-12/h2-3,10,16H,4-9H2,1H3,(H,17,18,19). The predicted molar refractivity (Wildman–Crippen MR) is 77.9 cm³/mol. The van der Waals surface area contributed by atoms with Crippen LogP contribution in [0.2, 0.25) is 0 Å². The van der Waals surface area contributed by atoms with E-state index >= 15 is 0 Å². The van der Waals surface area contributed by atoms with E-state index in [1.54, 1.807) is 6.26 Å². The van der Waals surface area contributed by atoms with Gasteiger partial charge in [-0.05, 0) is 32.0 Å². The molecule has 3 heterocycles. The van der Waals surface area contributed by atoms with Gasteiger partial charge < -0.3 is 15.1 Å². The maximum atomic E-state index is 5.35. The van der Waals surface area contributed by atoms with Crippen LogP contribution in [0.25, 0.3) is 0 Å². The van der Waals surface area contributed by atoms with Crippen molar-refractivity contribution in [2.24, 2.45) is 0 Å². The number of rotatable bonds is 4. The molecule has 0 bridgehead atoms. The Morgan fingerprint density at radius 1 is 1.30 bits per heavy atom. The van der Waals surface area contributed by atoms with Crippen LogP contribution in [0.1, 0.15) is 22.8 Å². The lowest BCUT2D eigenvalue weighted by Crippen LogP contribution is -2.16. The minimum Gasteiger partial charge on any atom is -0.469 e. The summed E-state index contributed by atoms with van der Waals surface area (Å²) in [5, 5.41) is 6.85. The molecule has 5 heteroatoms. The molecule has 0 unspecified atom stereocenters. The molecule has 0 spiro atoms. The third kappa shape index (κ3) is 2.99. The zero-order valence-corrected chi connectivity index (χ0v) is 11.8. The molecule has 20 heavy (non-hydrogen) atoms. The highest BCUT2D eigenvalue weighted by atomic mass is 16.3. The topological polar surface area (TPSA) is 63.0 Å². The third-order valence-electron chi connectivity index (χ3n) is 3.54. The van der Waals surface area contributed by atoms with Crippen LogP contribution in [0, 0.1) is 6.92 Å². The van der Waals surface area contributed by atoms with E-state index in [2.05, 4.69) is 20.6 Å². The van der Waals surface area contributed by atoms with Crippen molar-refractivity contribution in [2.75, 3.05) is 25.0 Å². The van der Waals surface area contributed by atoms with Crippen LogP contribution in [0.3, 0.4) is 0 Å². The Morgan fingerprint density at radius 3 is 3.05 bits per heavy atom. The van der Waals surface area contributed by atoms with Gasteiger partial charge in [-0.3, -0.25) is 0 Å². The van der Waals surface area contributed by atoms with Crippen LogP contribution in [-0.2, 0) is 19.3 Å². The highest BCUT2D eigenvalue weighted by Crippen LogP contribution is 2.19. The van der Waals surface area contributed by atoms with Crippen LogP contribution in [0.15, 0.2) is 22.8 Å². The molecule has 0 fully saturated rings. The third-order valence-corrected chi connectivity index (χ3v) is 3.54. The van der Waals surface area contributed by atoms with Crippen molar-refractivity contribution in [3.05, 3.63) is 41.2 Å². The fraction of sp³-hybridized carbons (Fsp3) is 0.467. The Labute approximate surface area is 118 Å². The Morgan fingerprint density at radius 2 is 2.20 bits per heavy atom. The Hall–Kier alpha value is -1.88. The van der Waals surface area contributed by atoms with Gasteiger partial charge in [0.05, 0.1) is 12.0 Å². The summed E-state index contributed by atoms with van der Waals surface area (Å²) in [5.41, 5.74) is 2.45. The average Bonchev–Trinajstić information content (AvgIpc) is 2.83. The van der Waals surface area contributed by atoms with Crippen molar-refractivity contribution in [2.45, 2.75) is 26.2 Å². The number of fused-ring (bicyclic) bond motifs is 1. The van der Waals surface area contributed by atoms with Gasteiger partial charge in [-0.25, -0.2) is 9.97 Å². The van der Waals surface area contributed by atoms with Gasteiger partial charge in [-0.15, -0.1) is 0 Å². The number of hydrogen-bond donors (Lipinski definition) is 2. The molecule has 5 nitrogen and oxygen atoms in total. The molecular formula is C15H20N4O. The van der Waals surface area contributed by atoms with Gasteiger partial charge in [0.1, 0.15) is 17.4 Å². The van der Waals surface area contributed by atoms with E-state index in [1.165, 1.54) is 11.3 Å². The summed E-state index contributed by atoms with van der Waals surface area (Å²) in [6.45, 7) is 4.77. The van der Waals surface area contributed by atoms with Gasteiger partial charge >= 0.3 is 0 Å². The Kier molecular flexibility index (Phi) is 3.97. The predicted octanol–water partition coefficient (Wildman–Crippen LogP) is 1.72. The van der Waals surface area contributed by atoms with Gasteiger partial charge in [-0.2, -0.15) is 0 Å². The van der Waals surface area contributed by atoms with Gasteiger partial charge in [0.2, 0.25) is 0 Å². The maximum absolute atomic E-state index is 5.35. The number of nitrogens with one attached hydrogen (secondary N) is 2. The first-order chi connectivity index (χ1) is 9.83. The normalized spacial score (nSPS) is 14.7. The number of anilines is 1. The molecule has 0 aliphatic carbocycles. The average molecular weight is 272 g/mol. The molecule has 0 saturated heterocycles. The van der Waals surface area contributed by atoms with Crippen molar-refractivity contribution < 1.29 is 4.42 Å². The largest absolute Gasteiger partial charge is 0.469 e. The molecule has 2 N–H and O–H groups in total. The van der Waals surface area contributed by atoms with E-state index in [1.807, 2.05) is 19.1 Å². The Bertz CT molecular complexity index is 566. The number of furan rings is 1. The van der Waals surface area contributed by atoms with E-state index in [-0.39, 0.29) is 0 Å². The summed E-state index contributed by atoms with van der Waals surface area (Å²) in [7, 11) is 0. The highest BCUT2D eigenvalue weighted by molar-refractivity contribution is 5.47. The summed E-state index contributed by atoms with van der Waals surface area (Å²) in [5.74, 6) is 2.82. The molecule has 3 rings (SSSR count). The van der Waals surface area contributed by atoms with Crippen molar-refractivity contribution in [1.82, 2.24) is 15.3 Å². The number of hydrogen-bond acceptors (Lipinski definition) is 5. The zero-order valence-electron chi connectivity index (χ0n) is 11.8. The lowest BCUT2D eigenvalue weighted by molar-refractivity contribution is 0.513. The smallest absolute Gasteiger partial charge is 0.133 e. The molecule has 0 aromatic carbocycles. The molecule has 0 radical (unpaired) electrons. The fourth-order valence-electron chi connectivity index (χ4n) is 2.57. The minimum absolute atomic E-state index is 0.823. The second-order valence-corrected chi connectivity index (χ2v) is 5.05. The van der Waals surface area contributed by atoms with E-state index in [0.717, 1.165) is 56.3 Å². The minimum atomic E-state index is 0.823. The van der Waals surface area contributed by atoms with Crippen LogP contribution < -0.4 is 10.6 Å². The second kappa shape index (κ2) is 6.05. The number of aryl methyl sites for hydroxylation is 1. The summed E-state index contributed by atoms with van der Waals surface area (Å²) in [6, 6.07) is 3.92. The van der Waals surface area contributed by atoms with E-state index in [0.29, 0.717) is 0 Å². The van der Waals surface area contributed by atoms with Gasteiger partial charge in [0.15, 0.2) is 0 Å². The first kappa shape index (κ1) is 13.1. The quantitative estimate of drug-likeness (QED) is 0.887. The van der Waals surface area contributed by atoms with Crippen molar-refractivity contribution in [3.8, 4) is 0 Å². The lowest BCUT2D eigenvalue weighted by Gasteiger charge is -2.13. The fourth-order valence-corrected chi connectivity index (χ4v) is 2.57. The van der Waals surface area contributed by atoms with Crippen molar-refractivity contribution >= 4 is 5.82 Å². The summed E-state index contributed by atoms with van der Waals surface area (Å²) < 4.78 is 5.35. The molecule has 1 aliphatic heterocycles. The second-order valence-electron chi connectivity index (χ2n) is 5.05. The summed E-state index contributed by atoms with van der Waals surface area (Å²) >= 11 is 0. The highest BCUT2D eigenvalue weighted by Gasteiger charge is 2.15. The molecule has 1 aliphatic rings. The molecule has 2 aromatic rings. The van der Waals surface area contributed by atoms with E-state index < -0.39 is 0 Å². The van der Waals surface area contributed by atoms with Gasteiger partial charge in [-0.1, -0.05) is 0 Å². The zero-order chi connectivity index (χ0) is 13.8. The SMILES string of the molecule is Cc1nc2c(c(NCCc3ccco3)n1)CCNCC2. The molecule has 2 aromatic heterocycles. The van der Waals surface area contributed by atoms with E-state index in [4.69, 9.17) is 4.42 Å². The first-order valence-corrected chi connectivity index (χ1v) is 7.16.